The predicted molar refractivity (Wildman–Crippen MR) is 77.9 cm³/mol. The molecule has 1 N–H and O–H groups in total. The summed E-state index contributed by atoms with van der Waals surface area (Å²) in [5.74, 6) is 0.891. The second-order valence-electron chi connectivity index (χ2n) is 5.14. The van der Waals surface area contributed by atoms with E-state index in [1.165, 1.54) is 5.69 Å². The number of aliphatic hydroxyl groups excluding tert-OH is 1. The molecule has 0 aliphatic carbocycles. The van der Waals surface area contributed by atoms with Crippen LogP contribution in [0.25, 0.3) is 0 Å². The SMILES string of the molecule is COc1ccc(N2CCCN(C)C(CCO)C2)cc1. The fraction of sp³-hybridized carbons (Fsp3) is 0.600. The summed E-state index contributed by atoms with van der Waals surface area (Å²) in [6.45, 7) is 3.39. The molecule has 1 aliphatic rings. The number of nitrogens with zero attached hydrogens (tertiary/aromatic N) is 2. The van der Waals surface area contributed by atoms with E-state index < -0.39 is 0 Å². The van der Waals surface area contributed by atoms with Crippen molar-refractivity contribution in [2.75, 3.05) is 45.3 Å². The molecule has 1 aromatic carbocycles. The van der Waals surface area contributed by atoms with Crippen LogP contribution in [0.1, 0.15) is 12.8 Å². The molecule has 1 fully saturated rings. The van der Waals surface area contributed by atoms with Crippen molar-refractivity contribution in [1.29, 1.82) is 0 Å². The van der Waals surface area contributed by atoms with Crippen molar-refractivity contribution in [1.82, 2.24) is 4.90 Å². The Hall–Kier alpha value is -1.26. The fourth-order valence-electron chi connectivity index (χ4n) is 2.67. The van der Waals surface area contributed by atoms with Gasteiger partial charge in [0, 0.05) is 31.4 Å². The average molecular weight is 264 g/mol. The smallest absolute Gasteiger partial charge is 0.119 e. The quantitative estimate of drug-likeness (QED) is 0.896. The van der Waals surface area contributed by atoms with E-state index in [-0.39, 0.29) is 6.61 Å². The maximum Gasteiger partial charge on any atom is 0.119 e. The molecule has 1 atom stereocenters. The number of likely N-dealkylation sites (N-methyl/N-ethyl adjacent to an activating group) is 1. The maximum absolute atomic E-state index is 9.19. The highest BCUT2D eigenvalue weighted by Crippen LogP contribution is 2.22. The van der Waals surface area contributed by atoms with E-state index in [9.17, 15) is 5.11 Å². The molecule has 0 bridgehead atoms. The van der Waals surface area contributed by atoms with Crippen molar-refractivity contribution in [2.24, 2.45) is 0 Å². The minimum atomic E-state index is 0.255. The molecule has 4 nitrogen and oxygen atoms in total. The number of anilines is 1. The second kappa shape index (κ2) is 6.78. The van der Waals surface area contributed by atoms with Gasteiger partial charge in [0.15, 0.2) is 0 Å². The van der Waals surface area contributed by atoms with E-state index in [1.807, 2.05) is 12.1 Å². The summed E-state index contributed by atoms with van der Waals surface area (Å²) in [6.07, 6.45) is 1.99. The van der Waals surface area contributed by atoms with Crippen molar-refractivity contribution in [3.63, 3.8) is 0 Å². The van der Waals surface area contributed by atoms with Crippen LogP contribution in [0.2, 0.25) is 0 Å². The highest BCUT2D eigenvalue weighted by molar-refractivity contribution is 5.49. The molecule has 0 radical (unpaired) electrons. The summed E-state index contributed by atoms with van der Waals surface area (Å²) >= 11 is 0. The van der Waals surface area contributed by atoms with Crippen molar-refractivity contribution >= 4 is 5.69 Å². The molecular weight excluding hydrogens is 240 g/mol. The lowest BCUT2D eigenvalue weighted by atomic mass is 10.1. The fourth-order valence-corrected chi connectivity index (χ4v) is 2.67. The van der Waals surface area contributed by atoms with Gasteiger partial charge in [0.25, 0.3) is 0 Å². The van der Waals surface area contributed by atoms with Gasteiger partial charge in [0.05, 0.1) is 7.11 Å². The molecule has 0 amide bonds. The predicted octanol–water partition coefficient (Wildman–Crippen LogP) is 1.59. The largest absolute Gasteiger partial charge is 0.497 e. The molecular formula is C15H24N2O2. The Balaban J connectivity index is 2.08. The van der Waals surface area contributed by atoms with Gasteiger partial charge in [-0.2, -0.15) is 0 Å². The number of hydrogen-bond donors (Lipinski definition) is 1. The van der Waals surface area contributed by atoms with E-state index in [0.29, 0.717) is 6.04 Å². The molecule has 0 saturated carbocycles. The van der Waals surface area contributed by atoms with Gasteiger partial charge in [0.2, 0.25) is 0 Å². The number of hydrogen-bond acceptors (Lipinski definition) is 4. The molecule has 1 aliphatic heterocycles. The van der Waals surface area contributed by atoms with Crippen molar-refractivity contribution < 1.29 is 9.84 Å². The molecule has 19 heavy (non-hydrogen) atoms. The lowest BCUT2D eigenvalue weighted by Gasteiger charge is -2.29. The van der Waals surface area contributed by atoms with Crippen molar-refractivity contribution in [2.45, 2.75) is 18.9 Å². The van der Waals surface area contributed by atoms with Crippen molar-refractivity contribution in [3.8, 4) is 5.75 Å². The Bertz CT molecular complexity index is 380. The van der Waals surface area contributed by atoms with Crippen LogP contribution in [0, 0.1) is 0 Å². The van der Waals surface area contributed by atoms with Crippen LogP contribution in [0.15, 0.2) is 24.3 Å². The third-order valence-electron chi connectivity index (χ3n) is 3.89. The van der Waals surface area contributed by atoms with Gasteiger partial charge in [-0.15, -0.1) is 0 Å². The summed E-state index contributed by atoms with van der Waals surface area (Å²) in [4.78, 5) is 4.77. The minimum Gasteiger partial charge on any atom is -0.497 e. The van der Waals surface area contributed by atoms with Crippen LogP contribution in [-0.4, -0.2) is 56.4 Å². The zero-order valence-corrected chi connectivity index (χ0v) is 11.9. The molecule has 1 unspecified atom stereocenters. The number of methoxy groups -OCH3 is 1. The highest BCUT2D eigenvalue weighted by Gasteiger charge is 2.21. The first-order valence-corrected chi connectivity index (χ1v) is 6.94. The minimum absolute atomic E-state index is 0.255. The second-order valence-corrected chi connectivity index (χ2v) is 5.14. The summed E-state index contributed by atoms with van der Waals surface area (Å²) in [5, 5.41) is 9.19. The summed E-state index contributed by atoms with van der Waals surface area (Å²) in [7, 11) is 3.84. The zero-order valence-electron chi connectivity index (χ0n) is 11.9. The third-order valence-corrected chi connectivity index (χ3v) is 3.89. The van der Waals surface area contributed by atoms with E-state index >= 15 is 0 Å². The monoisotopic (exact) mass is 264 g/mol. The Morgan fingerprint density at radius 3 is 2.63 bits per heavy atom. The average Bonchev–Trinajstić information content (AvgIpc) is 2.62. The van der Waals surface area contributed by atoms with Crippen LogP contribution in [-0.2, 0) is 0 Å². The van der Waals surface area contributed by atoms with Crippen LogP contribution >= 0.6 is 0 Å². The molecule has 4 heteroatoms. The maximum atomic E-state index is 9.19. The first kappa shape index (κ1) is 14.2. The van der Waals surface area contributed by atoms with E-state index in [4.69, 9.17) is 4.74 Å². The lowest BCUT2D eigenvalue weighted by molar-refractivity contribution is 0.196. The van der Waals surface area contributed by atoms with Crippen LogP contribution < -0.4 is 9.64 Å². The Kier molecular flexibility index (Phi) is 5.05. The number of ether oxygens (including phenoxy) is 1. The van der Waals surface area contributed by atoms with E-state index in [2.05, 4.69) is 29.0 Å². The van der Waals surface area contributed by atoms with Gasteiger partial charge in [0.1, 0.15) is 5.75 Å². The first-order chi connectivity index (χ1) is 9.24. The van der Waals surface area contributed by atoms with E-state index in [0.717, 1.165) is 38.2 Å². The topological polar surface area (TPSA) is 35.9 Å². The van der Waals surface area contributed by atoms with Crippen LogP contribution in [0.3, 0.4) is 0 Å². The number of rotatable bonds is 4. The van der Waals surface area contributed by atoms with Gasteiger partial charge in [-0.05, 0) is 50.7 Å². The Labute approximate surface area is 115 Å². The van der Waals surface area contributed by atoms with Gasteiger partial charge in [-0.1, -0.05) is 0 Å². The summed E-state index contributed by atoms with van der Waals surface area (Å²) in [5.41, 5.74) is 1.24. The summed E-state index contributed by atoms with van der Waals surface area (Å²) in [6, 6.07) is 8.66. The Morgan fingerprint density at radius 2 is 2.00 bits per heavy atom. The molecule has 2 rings (SSSR count). The molecule has 0 aromatic heterocycles. The zero-order chi connectivity index (χ0) is 13.7. The Morgan fingerprint density at radius 1 is 1.26 bits per heavy atom. The third kappa shape index (κ3) is 3.61. The molecule has 106 valence electrons. The highest BCUT2D eigenvalue weighted by atomic mass is 16.5. The molecule has 0 spiro atoms. The number of aliphatic hydroxyl groups is 1. The first-order valence-electron chi connectivity index (χ1n) is 6.94. The van der Waals surface area contributed by atoms with Gasteiger partial charge in [-0.25, -0.2) is 0 Å². The molecule has 1 saturated heterocycles. The molecule has 1 heterocycles. The van der Waals surface area contributed by atoms with Crippen LogP contribution in [0.4, 0.5) is 5.69 Å². The molecule has 1 aromatic rings. The van der Waals surface area contributed by atoms with Crippen LogP contribution in [0.5, 0.6) is 5.75 Å². The van der Waals surface area contributed by atoms with Crippen molar-refractivity contribution in [3.05, 3.63) is 24.3 Å². The van der Waals surface area contributed by atoms with Gasteiger partial charge >= 0.3 is 0 Å². The lowest BCUT2D eigenvalue weighted by Crippen LogP contribution is -2.39. The van der Waals surface area contributed by atoms with Gasteiger partial charge in [-0.3, -0.25) is 0 Å². The number of benzene rings is 1. The normalized spacial score (nSPS) is 21.2. The van der Waals surface area contributed by atoms with E-state index in [1.54, 1.807) is 7.11 Å². The van der Waals surface area contributed by atoms with Gasteiger partial charge < -0.3 is 19.6 Å². The summed E-state index contributed by atoms with van der Waals surface area (Å²) < 4.78 is 5.20. The standard InChI is InChI=1S/C15H24N2O2/c1-16-9-3-10-17(12-14(16)8-11-18)13-4-6-15(19-2)7-5-13/h4-7,14,18H,3,8-12H2,1-2H3.